The molecule has 2 saturated carbocycles. The van der Waals surface area contributed by atoms with Crippen LogP contribution < -0.4 is 4.90 Å². The zero-order valence-corrected chi connectivity index (χ0v) is 18.7. The SMILES string of the molecule is CN(c1ccc(C(F)(F)F)cn1)C1CC23CC2CN(C(=O)c2cccc(F)c2-c2ncccn2)C13. The van der Waals surface area contributed by atoms with E-state index in [4.69, 9.17) is 0 Å². The van der Waals surface area contributed by atoms with Crippen molar-refractivity contribution < 1.29 is 22.4 Å². The lowest BCUT2D eigenvalue weighted by atomic mass is 9.70. The van der Waals surface area contributed by atoms with E-state index in [2.05, 4.69) is 15.0 Å². The van der Waals surface area contributed by atoms with Gasteiger partial charge >= 0.3 is 6.18 Å². The number of amides is 1. The van der Waals surface area contributed by atoms with Crippen LogP contribution in [0.2, 0.25) is 0 Å². The normalized spacial score (nSPS) is 26.5. The second-order valence-corrected chi connectivity index (χ2v) is 9.56. The molecule has 1 amide bonds. The molecule has 4 unspecified atom stereocenters. The van der Waals surface area contributed by atoms with Gasteiger partial charge in [0.25, 0.3) is 5.91 Å². The quantitative estimate of drug-likeness (QED) is 0.514. The first-order valence-electron chi connectivity index (χ1n) is 11.3. The van der Waals surface area contributed by atoms with Gasteiger partial charge in [-0.3, -0.25) is 4.79 Å². The van der Waals surface area contributed by atoms with Crippen molar-refractivity contribution in [1.29, 1.82) is 0 Å². The number of piperidine rings is 1. The van der Waals surface area contributed by atoms with Gasteiger partial charge in [-0.15, -0.1) is 0 Å². The van der Waals surface area contributed by atoms with E-state index in [9.17, 15) is 22.4 Å². The number of benzene rings is 1. The summed E-state index contributed by atoms with van der Waals surface area (Å²) in [6.07, 6.45) is 1.23. The van der Waals surface area contributed by atoms with Crippen LogP contribution in [0.25, 0.3) is 11.4 Å². The fourth-order valence-corrected chi connectivity index (χ4v) is 5.97. The highest BCUT2D eigenvalue weighted by atomic mass is 19.4. The Balaban J connectivity index is 1.30. The summed E-state index contributed by atoms with van der Waals surface area (Å²) in [5.74, 6) is 0.0775. The molecule has 1 saturated heterocycles. The molecule has 3 heterocycles. The highest BCUT2D eigenvalue weighted by Gasteiger charge is 2.75. The van der Waals surface area contributed by atoms with Crippen LogP contribution >= 0.6 is 0 Å². The highest BCUT2D eigenvalue weighted by Crippen LogP contribution is 2.72. The molecule has 10 heteroatoms. The molecule has 2 aromatic heterocycles. The number of alkyl halides is 3. The molecule has 0 radical (unpaired) electrons. The van der Waals surface area contributed by atoms with Crippen molar-refractivity contribution in [3.8, 4) is 11.4 Å². The average Bonchev–Trinajstić information content (AvgIpc) is 3.51. The number of likely N-dealkylation sites (N-methyl/N-ethyl adjacent to an activating group) is 1. The Hall–Kier alpha value is -3.56. The standard InChI is InChI=1S/C25H21F4N5O/c1-33(19-7-6-14(12-32-19)25(27,28)29)18-11-24-10-15(24)13-34(21(18)24)23(35)16-4-2-5-17(26)20(16)22-30-8-3-9-31-22/h2-9,12,15,18,21H,10-11,13H2,1H3. The van der Waals surface area contributed by atoms with Gasteiger partial charge in [0.15, 0.2) is 5.82 Å². The van der Waals surface area contributed by atoms with Crippen LogP contribution in [0.1, 0.15) is 28.8 Å². The predicted octanol–water partition coefficient (Wildman–Crippen LogP) is 4.44. The van der Waals surface area contributed by atoms with Crippen LogP contribution in [-0.4, -0.2) is 51.4 Å². The van der Waals surface area contributed by atoms with Gasteiger partial charge in [-0.25, -0.2) is 19.3 Å². The predicted molar refractivity (Wildman–Crippen MR) is 119 cm³/mol. The zero-order valence-electron chi connectivity index (χ0n) is 18.7. The minimum atomic E-state index is -4.45. The number of anilines is 1. The van der Waals surface area contributed by atoms with Gasteiger partial charge in [0.1, 0.15) is 11.6 Å². The topological polar surface area (TPSA) is 62.2 Å². The Kier molecular flexibility index (Phi) is 4.68. The molecule has 0 N–H and O–H groups in total. The summed E-state index contributed by atoms with van der Waals surface area (Å²) in [4.78, 5) is 29.7. The first-order chi connectivity index (χ1) is 16.7. The largest absolute Gasteiger partial charge is 0.417 e. The van der Waals surface area contributed by atoms with E-state index in [1.54, 1.807) is 24.1 Å². The molecule has 4 atom stereocenters. The minimum Gasteiger partial charge on any atom is -0.355 e. The molecule has 3 aromatic rings. The number of hydrogen-bond donors (Lipinski definition) is 0. The maximum Gasteiger partial charge on any atom is 0.417 e. The van der Waals surface area contributed by atoms with E-state index in [1.807, 2.05) is 4.90 Å². The van der Waals surface area contributed by atoms with Crippen molar-refractivity contribution in [2.24, 2.45) is 11.3 Å². The van der Waals surface area contributed by atoms with Gasteiger partial charge in [0.05, 0.1) is 28.8 Å². The summed E-state index contributed by atoms with van der Waals surface area (Å²) in [5.41, 5.74) is -0.506. The second-order valence-electron chi connectivity index (χ2n) is 9.56. The molecule has 2 aliphatic carbocycles. The first-order valence-corrected chi connectivity index (χ1v) is 11.3. The number of halogens is 4. The van der Waals surface area contributed by atoms with Gasteiger partial charge in [0, 0.05) is 32.2 Å². The monoisotopic (exact) mass is 483 g/mol. The molecular formula is C25H21F4N5O. The lowest BCUT2D eigenvalue weighted by Gasteiger charge is -2.51. The number of nitrogens with zero attached hydrogens (tertiary/aromatic N) is 5. The maximum absolute atomic E-state index is 14.9. The van der Waals surface area contributed by atoms with E-state index in [1.165, 1.54) is 30.6 Å². The molecule has 1 aromatic carbocycles. The number of carbonyl (C=O) groups is 1. The number of pyridine rings is 1. The lowest BCUT2D eigenvalue weighted by Crippen LogP contribution is -2.63. The van der Waals surface area contributed by atoms with Crippen molar-refractivity contribution in [2.45, 2.75) is 31.1 Å². The molecule has 3 aliphatic rings. The summed E-state index contributed by atoms with van der Waals surface area (Å²) >= 11 is 0. The third kappa shape index (κ3) is 3.30. The number of rotatable bonds is 4. The third-order valence-electron chi connectivity index (χ3n) is 7.80. The maximum atomic E-state index is 14.9. The van der Waals surface area contributed by atoms with Gasteiger partial charge in [-0.05, 0) is 54.5 Å². The van der Waals surface area contributed by atoms with Gasteiger partial charge in [-0.2, -0.15) is 13.2 Å². The summed E-state index contributed by atoms with van der Waals surface area (Å²) in [6, 6.07) is 8.14. The van der Waals surface area contributed by atoms with Gasteiger partial charge < -0.3 is 9.80 Å². The van der Waals surface area contributed by atoms with E-state index < -0.39 is 17.6 Å². The Morgan fingerprint density at radius 2 is 1.86 bits per heavy atom. The van der Waals surface area contributed by atoms with E-state index in [0.717, 1.165) is 25.1 Å². The van der Waals surface area contributed by atoms with Gasteiger partial charge in [-0.1, -0.05) is 6.07 Å². The third-order valence-corrected chi connectivity index (χ3v) is 7.80. The first kappa shape index (κ1) is 21.9. The highest BCUT2D eigenvalue weighted by molar-refractivity contribution is 6.01. The number of hydrogen-bond acceptors (Lipinski definition) is 5. The molecule has 1 spiro atoms. The van der Waals surface area contributed by atoms with Crippen LogP contribution in [0.5, 0.6) is 0 Å². The Morgan fingerprint density at radius 1 is 1.09 bits per heavy atom. The summed E-state index contributed by atoms with van der Waals surface area (Å²) in [6.45, 7) is 0.569. The summed E-state index contributed by atoms with van der Waals surface area (Å²) < 4.78 is 53.7. The number of carbonyl (C=O) groups excluding carboxylic acids is 1. The fraction of sp³-hybridized carbons (Fsp3) is 0.360. The smallest absolute Gasteiger partial charge is 0.355 e. The summed E-state index contributed by atoms with van der Waals surface area (Å²) in [7, 11) is 1.79. The van der Waals surface area contributed by atoms with Crippen LogP contribution in [0.3, 0.4) is 0 Å². The van der Waals surface area contributed by atoms with Crippen molar-refractivity contribution in [3.63, 3.8) is 0 Å². The van der Waals surface area contributed by atoms with Crippen molar-refractivity contribution >= 4 is 11.7 Å². The zero-order chi connectivity index (χ0) is 24.5. The Bertz CT molecular complexity index is 1300. The number of likely N-dealkylation sites (tertiary alicyclic amines) is 1. The lowest BCUT2D eigenvalue weighted by molar-refractivity contribution is -0.137. The Morgan fingerprint density at radius 3 is 2.54 bits per heavy atom. The summed E-state index contributed by atoms with van der Waals surface area (Å²) in [5, 5.41) is 0. The van der Waals surface area contributed by atoms with E-state index >= 15 is 0 Å². The average molecular weight is 483 g/mol. The van der Waals surface area contributed by atoms with Gasteiger partial charge in [0.2, 0.25) is 0 Å². The van der Waals surface area contributed by atoms with Crippen molar-refractivity contribution in [1.82, 2.24) is 19.9 Å². The van der Waals surface area contributed by atoms with Crippen molar-refractivity contribution in [3.05, 3.63) is 71.9 Å². The molecule has 1 aliphatic heterocycles. The van der Waals surface area contributed by atoms with Crippen molar-refractivity contribution in [2.75, 3.05) is 18.5 Å². The molecule has 3 fully saturated rings. The van der Waals surface area contributed by atoms with E-state index in [0.29, 0.717) is 18.3 Å². The molecular weight excluding hydrogens is 462 g/mol. The molecule has 6 rings (SSSR count). The minimum absolute atomic E-state index is 0.0250. The van der Waals surface area contributed by atoms with E-state index in [-0.39, 0.29) is 40.4 Å². The van der Waals surface area contributed by atoms with Crippen LogP contribution in [-0.2, 0) is 6.18 Å². The second kappa shape index (κ2) is 7.47. The number of aromatic nitrogens is 3. The molecule has 0 bridgehead atoms. The molecule has 180 valence electrons. The van der Waals surface area contributed by atoms with Crippen LogP contribution in [0.15, 0.2) is 55.0 Å². The van der Waals surface area contributed by atoms with Crippen LogP contribution in [0, 0.1) is 17.2 Å². The fourth-order valence-electron chi connectivity index (χ4n) is 5.97. The molecule has 6 nitrogen and oxygen atoms in total. The Labute approximate surface area is 198 Å². The molecule has 35 heavy (non-hydrogen) atoms. The van der Waals surface area contributed by atoms with Crippen LogP contribution in [0.4, 0.5) is 23.4 Å².